The molecule has 5 amide bonds. The lowest BCUT2D eigenvalue weighted by Crippen LogP contribution is -2.57. The molecule has 5 aromatic carbocycles. The number of ether oxygens (including phenoxy) is 1. The van der Waals surface area contributed by atoms with Gasteiger partial charge in [-0.15, -0.1) is 23.1 Å². The molecular formula is C79H100ClF3N10O8S4. The molecule has 4 heterocycles. The zero-order valence-electron chi connectivity index (χ0n) is 61.0. The molecule has 18 nitrogen and oxygen atoms in total. The van der Waals surface area contributed by atoms with Gasteiger partial charge in [-0.2, -0.15) is 13.2 Å². The summed E-state index contributed by atoms with van der Waals surface area (Å²) >= 11 is 10.2. The van der Waals surface area contributed by atoms with Crippen LogP contribution in [-0.4, -0.2) is 166 Å². The average molecular weight is 1540 g/mol. The van der Waals surface area contributed by atoms with Crippen LogP contribution in [0.15, 0.2) is 147 Å². The number of morpholine rings is 1. The number of carbonyl (C=O) groups is 5. The Hall–Kier alpha value is -6.97. The Morgan fingerprint density at radius 3 is 2.12 bits per heavy atom. The van der Waals surface area contributed by atoms with E-state index >= 15 is 0 Å². The Morgan fingerprint density at radius 2 is 1.46 bits per heavy atom. The van der Waals surface area contributed by atoms with Gasteiger partial charge in [0, 0.05) is 116 Å². The fourth-order valence-electron chi connectivity index (χ4n) is 14.1. The van der Waals surface area contributed by atoms with Crippen molar-refractivity contribution in [3.8, 4) is 10.4 Å². The van der Waals surface area contributed by atoms with Gasteiger partial charge in [-0.1, -0.05) is 119 Å². The molecule has 26 heteroatoms. The van der Waals surface area contributed by atoms with Crippen LogP contribution in [0.5, 0.6) is 0 Å². The van der Waals surface area contributed by atoms with E-state index in [9.17, 15) is 45.6 Å². The molecule has 3 aliphatic heterocycles. The molecule has 105 heavy (non-hydrogen) atoms. The van der Waals surface area contributed by atoms with Crippen LogP contribution >= 0.6 is 46.6 Å². The van der Waals surface area contributed by atoms with Gasteiger partial charge in [0.15, 0.2) is 0 Å². The van der Waals surface area contributed by atoms with Gasteiger partial charge < -0.3 is 35.8 Å². The maximum atomic E-state index is 14.3. The van der Waals surface area contributed by atoms with Gasteiger partial charge in [-0.05, 0) is 177 Å². The number of alkyl halides is 3. The van der Waals surface area contributed by atoms with Crippen molar-refractivity contribution in [1.82, 2.24) is 40.4 Å². The highest BCUT2D eigenvalue weighted by Gasteiger charge is 2.49. The van der Waals surface area contributed by atoms with Gasteiger partial charge in [0.25, 0.3) is 15.7 Å². The monoisotopic (exact) mass is 1540 g/mol. The highest BCUT2D eigenvalue weighted by atomic mass is 35.5. The maximum Gasteiger partial charge on any atom is 0.501 e. The lowest BCUT2D eigenvalue weighted by molar-refractivity contribution is -0.144. The smallest absolute Gasteiger partial charge is 0.380 e. The fraction of sp³-hybridized carbons (Fsp3) is 0.494. The maximum absolute atomic E-state index is 14.3. The molecule has 5 atom stereocenters. The van der Waals surface area contributed by atoms with Gasteiger partial charge in [0.1, 0.15) is 17.0 Å². The number of nitrogens with zero attached hydrogens (tertiary/aromatic N) is 5. The third-order valence-electron chi connectivity index (χ3n) is 20.3. The predicted molar refractivity (Wildman–Crippen MR) is 415 cm³/mol. The minimum absolute atomic E-state index is 0.0238. The van der Waals surface area contributed by atoms with E-state index in [1.165, 1.54) is 35.0 Å². The number of sulfone groups is 1. The Bertz CT molecular complexity index is 4060. The normalized spacial score (nSPS) is 18.7. The first kappa shape index (κ1) is 80.6. The zero-order chi connectivity index (χ0) is 74.9. The highest BCUT2D eigenvalue weighted by molar-refractivity contribution is 7.99. The summed E-state index contributed by atoms with van der Waals surface area (Å²) in [5.74, 6) is -0.655. The van der Waals surface area contributed by atoms with Gasteiger partial charge in [-0.25, -0.2) is 13.4 Å². The van der Waals surface area contributed by atoms with E-state index in [1.807, 2.05) is 119 Å². The second-order valence-electron chi connectivity index (χ2n) is 29.5. The third-order valence-corrected chi connectivity index (χ3v) is 25.0. The van der Waals surface area contributed by atoms with Crippen LogP contribution in [0.4, 0.5) is 24.5 Å². The topological polar surface area (TPSA) is 215 Å². The number of rotatable bonds is 32. The van der Waals surface area contributed by atoms with Gasteiger partial charge >= 0.3 is 5.51 Å². The summed E-state index contributed by atoms with van der Waals surface area (Å²) in [6, 6.07) is 34.6. The molecule has 1 aromatic heterocycles. The van der Waals surface area contributed by atoms with E-state index in [4.69, 9.17) is 16.3 Å². The number of halogens is 4. The molecule has 0 radical (unpaired) electrons. The van der Waals surface area contributed by atoms with Crippen LogP contribution in [0.3, 0.4) is 0 Å². The Labute approximate surface area is 634 Å². The number of amides is 5. The fourth-order valence-corrected chi connectivity index (χ4v) is 17.7. The van der Waals surface area contributed by atoms with Gasteiger partial charge in [0.2, 0.25) is 23.6 Å². The minimum Gasteiger partial charge on any atom is -0.380 e. The van der Waals surface area contributed by atoms with Crippen LogP contribution in [0.25, 0.3) is 16.0 Å². The van der Waals surface area contributed by atoms with E-state index in [1.54, 1.807) is 28.4 Å². The highest BCUT2D eigenvalue weighted by Crippen LogP contribution is 2.44. The Kier molecular flexibility index (Phi) is 28.6. The summed E-state index contributed by atoms with van der Waals surface area (Å²) in [4.78, 5) is 82.7. The second kappa shape index (κ2) is 37.2. The summed E-state index contributed by atoms with van der Waals surface area (Å²) in [6.07, 6.45) is 8.94. The minimum atomic E-state index is -5.81. The lowest BCUT2D eigenvalue weighted by Gasteiger charge is -2.41. The van der Waals surface area contributed by atoms with E-state index in [2.05, 4.69) is 64.7 Å². The molecule has 5 N–H and O–H groups in total. The number of aryl methyl sites for hydroxylation is 1. The first-order valence-electron chi connectivity index (χ1n) is 36.6. The number of likely N-dealkylation sites (tertiary alicyclic amines) is 1. The SMILES string of the molecule is Cc1ncsc1-c1ccc([C@H](C)NC(=O)[C@@H]2CCCN2C(=O)[C@@H](NC(=O)CCCCCCCC(=O)NCC2(C)CCC(c3ccc(Cl)cc3)=C(CN3CCN(c4ccc(C(=O)NSc5ccc(N[C@H](CCN6CCOCC6)CSc6ccccc6)c(S(=O)(=O)C(F)(F)F)c5)cc4)CC3)C2)C(C)(C)C)cc1. The average Bonchev–Trinajstić information content (AvgIpc) is 1.32. The number of piperazine rings is 1. The molecule has 4 aliphatic rings. The number of nitrogens with one attached hydrogen (secondary N) is 5. The van der Waals surface area contributed by atoms with Crippen molar-refractivity contribution in [3.63, 3.8) is 0 Å². The quantitative estimate of drug-likeness (QED) is 0.0151. The first-order chi connectivity index (χ1) is 50.2. The van der Waals surface area contributed by atoms with Crippen molar-refractivity contribution in [2.45, 2.75) is 169 Å². The number of aromatic nitrogens is 1. The number of allylic oxidation sites excluding steroid dienone is 1. The second-order valence-corrected chi connectivity index (χ2v) is 34.6. The molecular weight excluding hydrogens is 1440 g/mol. The van der Waals surface area contributed by atoms with Crippen molar-refractivity contribution in [2.75, 3.05) is 94.6 Å². The van der Waals surface area contributed by atoms with Crippen LogP contribution in [-0.2, 0) is 33.8 Å². The molecule has 0 spiro atoms. The molecule has 3 fully saturated rings. The summed E-state index contributed by atoms with van der Waals surface area (Å²) < 4.78 is 77.6. The van der Waals surface area contributed by atoms with Crippen LogP contribution in [0, 0.1) is 17.8 Å². The molecule has 1 unspecified atom stereocenters. The van der Waals surface area contributed by atoms with Crippen LogP contribution in [0.1, 0.15) is 151 Å². The molecule has 3 saturated heterocycles. The van der Waals surface area contributed by atoms with Gasteiger partial charge in [0.05, 0.1) is 41.0 Å². The van der Waals surface area contributed by atoms with Crippen LogP contribution in [0.2, 0.25) is 5.02 Å². The van der Waals surface area contributed by atoms with E-state index in [-0.39, 0.29) is 52.1 Å². The lowest BCUT2D eigenvalue weighted by atomic mass is 9.71. The van der Waals surface area contributed by atoms with Crippen molar-refractivity contribution in [2.24, 2.45) is 10.8 Å². The Morgan fingerprint density at radius 1 is 0.781 bits per heavy atom. The van der Waals surface area contributed by atoms with Crippen molar-refractivity contribution in [1.29, 1.82) is 0 Å². The molecule has 566 valence electrons. The molecule has 10 rings (SSSR count). The third kappa shape index (κ3) is 22.6. The number of carbonyl (C=O) groups excluding carboxylic acids is 5. The summed E-state index contributed by atoms with van der Waals surface area (Å²) in [5.41, 5.74) is 3.39. The number of thioether (sulfide) groups is 1. The number of anilines is 2. The number of thiazole rings is 1. The van der Waals surface area contributed by atoms with Crippen molar-refractivity contribution in [3.05, 3.63) is 160 Å². The number of hydrogen-bond donors (Lipinski definition) is 5. The standard InChI is InChI=1S/C79H100ClF3N10O8S4/c1-54(56-21-23-58(24-22-56)72-55(2)85-53-103-72)86-75(97)68-18-15-38-93(68)76(98)73(77(3,4)5)88-71(95)20-14-9-7-8-13-19-70(94)84-52-78(6)37-35-66(57-25-29-61(80)30-26-57)60(49-78)50-91-40-42-92(43-41-91)63-31-27-59(28-32-63)74(96)89-104-65-33-34-67(69(48-65)105(99,100)79(81,82)83)87-62(36-39-90-44-46-101-47-45-90)51-102-64-16-11-10-12-17-64/h10-12,16-17,21-34,48,53-54,62,68,73,87H,7-9,13-15,18-20,35-47,49-52H2,1-6H3,(H,84,94)(H,86,97)(H,88,95)(H,89,96)/t54-,62+,68-,73+,78?/m0/s1. The largest absolute Gasteiger partial charge is 0.501 e. The zero-order valence-corrected chi connectivity index (χ0v) is 65.0. The first-order valence-corrected chi connectivity index (χ1v) is 41.1. The Balaban J connectivity index is 0.651. The van der Waals surface area contributed by atoms with Crippen LogP contribution < -0.4 is 30.9 Å². The van der Waals surface area contributed by atoms with E-state index in [0.717, 1.165) is 147 Å². The number of benzene rings is 5. The number of unbranched alkanes of at least 4 members (excludes halogenated alkanes) is 4. The van der Waals surface area contributed by atoms with Crippen molar-refractivity contribution < 1.29 is 50.3 Å². The summed E-state index contributed by atoms with van der Waals surface area (Å²) in [5, 5.41) is 13.3. The summed E-state index contributed by atoms with van der Waals surface area (Å²) in [7, 11) is -5.81. The van der Waals surface area contributed by atoms with Gasteiger partial charge in [-0.3, -0.25) is 38.5 Å². The van der Waals surface area contributed by atoms with Crippen molar-refractivity contribution >= 4 is 103 Å². The van der Waals surface area contributed by atoms with E-state index < -0.39 is 49.7 Å². The van der Waals surface area contributed by atoms with E-state index in [0.29, 0.717) is 81.3 Å². The molecule has 0 saturated carbocycles. The predicted octanol–water partition coefficient (Wildman–Crippen LogP) is 14.8. The molecule has 0 bridgehead atoms. The molecule has 6 aromatic rings. The molecule has 1 aliphatic carbocycles. The summed E-state index contributed by atoms with van der Waals surface area (Å²) in [6.45, 7) is 20.0. The number of hydrogen-bond acceptors (Lipinski definition) is 16.